The van der Waals surface area contributed by atoms with Crippen LogP contribution >= 0.6 is 0 Å². The number of rotatable bonds is 2. The third-order valence-corrected chi connectivity index (χ3v) is 3.04. The van der Waals surface area contributed by atoms with Gasteiger partial charge in [0, 0.05) is 6.20 Å². The molecule has 0 N–H and O–H groups in total. The van der Waals surface area contributed by atoms with Gasteiger partial charge in [0.25, 0.3) is 0 Å². The zero-order chi connectivity index (χ0) is 12.5. The molecular weight excluding hydrogens is 228 g/mol. The maximum atomic E-state index is 11.9. The molecule has 2 aromatic heterocycles. The van der Waals surface area contributed by atoms with Crippen LogP contribution in [0.15, 0.2) is 57.9 Å². The molecule has 1 unspecified atom stereocenters. The van der Waals surface area contributed by atoms with Gasteiger partial charge in [-0.1, -0.05) is 30.3 Å². The highest BCUT2D eigenvalue weighted by Crippen LogP contribution is 2.20. The molecule has 4 nitrogen and oxygen atoms in total. The first-order valence-electron chi connectivity index (χ1n) is 5.78. The van der Waals surface area contributed by atoms with Gasteiger partial charge in [0.05, 0.1) is 6.04 Å². The van der Waals surface area contributed by atoms with Gasteiger partial charge in [-0.2, -0.15) is 0 Å². The fourth-order valence-electron chi connectivity index (χ4n) is 2.09. The minimum Gasteiger partial charge on any atom is -0.406 e. The molecule has 1 aromatic carbocycles. The van der Waals surface area contributed by atoms with Crippen molar-refractivity contribution in [2.24, 2.45) is 0 Å². The van der Waals surface area contributed by atoms with E-state index < -0.39 is 0 Å². The van der Waals surface area contributed by atoms with E-state index in [4.69, 9.17) is 4.42 Å². The van der Waals surface area contributed by atoms with Gasteiger partial charge in [-0.3, -0.25) is 4.57 Å². The highest BCUT2D eigenvalue weighted by molar-refractivity contribution is 5.67. The summed E-state index contributed by atoms with van der Waals surface area (Å²) in [5, 5.41) is 0. The van der Waals surface area contributed by atoms with Crippen LogP contribution < -0.4 is 5.76 Å². The normalized spacial score (nSPS) is 12.7. The first-order chi connectivity index (χ1) is 8.77. The molecule has 0 fully saturated rings. The molecule has 2 heterocycles. The van der Waals surface area contributed by atoms with Crippen molar-refractivity contribution in [3.63, 3.8) is 0 Å². The molecule has 3 aromatic rings. The molecule has 0 amide bonds. The Bertz CT molecular complexity index is 728. The van der Waals surface area contributed by atoms with Crippen molar-refractivity contribution >= 4 is 11.2 Å². The number of pyridine rings is 1. The number of hydrogen-bond acceptors (Lipinski definition) is 3. The molecule has 0 aliphatic heterocycles. The summed E-state index contributed by atoms with van der Waals surface area (Å²) in [6.07, 6.45) is 1.66. The lowest BCUT2D eigenvalue weighted by molar-refractivity contribution is 0.489. The van der Waals surface area contributed by atoms with E-state index in [2.05, 4.69) is 4.98 Å². The minimum absolute atomic E-state index is 0.102. The van der Waals surface area contributed by atoms with Crippen molar-refractivity contribution < 1.29 is 4.42 Å². The van der Waals surface area contributed by atoms with Gasteiger partial charge in [0.1, 0.15) is 0 Å². The number of benzene rings is 1. The van der Waals surface area contributed by atoms with Crippen LogP contribution in [0, 0.1) is 0 Å². The van der Waals surface area contributed by atoms with Gasteiger partial charge in [-0.15, -0.1) is 0 Å². The predicted molar refractivity (Wildman–Crippen MR) is 68.5 cm³/mol. The summed E-state index contributed by atoms with van der Waals surface area (Å²) in [6, 6.07) is 13.2. The highest BCUT2D eigenvalue weighted by atomic mass is 16.4. The SMILES string of the molecule is CC(c1ccccc1)n1c(=O)oc2cccnc21. The lowest BCUT2D eigenvalue weighted by Gasteiger charge is -2.12. The van der Waals surface area contributed by atoms with E-state index in [-0.39, 0.29) is 11.8 Å². The third kappa shape index (κ3) is 1.62. The number of hydrogen-bond donors (Lipinski definition) is 0. The first kappa shape index (κ1) is 10.8. The van der Waals surface area contributed by atoms with Crippen LogP contribution in [0.4, 0.5) is 0 Å². The van der Waals surface area contributed by atoms with E-state index in [0.29, 0.717) is 11.2 Å². The zero-order valence-corrected chi connectivity index (χ0v) is 9.91. The van der Waals surface area contributed by atoms with E-state index in [1.807, 2.05) is 37.3 Å². The van der Waals surface area contributed by atoms with Gasteiger partial charge in [0.2, 0.25) is 0 Å². The molecule has 0 aliphatic carbocycles. The standard InChI is InChI=1S/C14H12N2O2/c1-10(11-6-3-2-4-7-11)16-13-12(18-14(16)17)8-5-9-15-13/h2-10H,1H3. The molecule has 0 bridgehead atoms. The van der Waals surface area contributed by atoms with Gasteiger partial charge < -0.3 is 4.42 Å². The van der Waals surface area contributed by atoms with E-state index in [0.717, 1.165) is 5.56 Å². The van der Waals surface area contributed by atoms with Crippen molar-refractivity contribution in [2.45, 2.75) is 13.0 Å². The molecule has 4 heteroatoms. The number of oxazole rings is 1. The van der Waals surface area contributed by atoms with Gasteiger partial charge in [-0.05, 0) is 24.6 Å². The Labute approximate surface area is 104 Å². The van der Waals surface area contributed by atoms with Crippen LogP contribution in [-0.4, -0.2) is 9.55 Å². The molecule has 0 saturated carbocycles. The van der Waals surface area contributed by atoms with Crippen molar-refractivity contribution in [2.75, 3.05) is 0 Å². The average molecular weight is 240 g/mol. The fourth-order valence-corrected chi connectivity index (χ4v) is 2.09. The van der Waals surface area contributed by atoms with Gasteiger partial charge in [0.15, 0.2) is 11.2 Å². The molecule has 0 spiro atoms. The molecule has 0 aliphatic rings. The Morgan fingerprint density at radius 1 is 1.17 bits per heavy atom. The van der Waals surface area contributed by atoms with E-state index >= 15 is 0 Å². The Morgan fingerprint density at radius 2 is 1.94 bits per heavy atom. The van der Waals surface area contributed by atoms with Crippen molar-refractivity contribution in [1.29, 1.82) is 0 Å². The summed E-state index contributed by atoms with van der Waals surface area (Å²) < 4.78 is 6.76. The lowest BCUT2D eigenvalue weighted by Crippen LogP contribution is -2.19. The molecule has 18 heavy (non-hydrogen) atoms. The first-order valence-corrected chi connectivity index (χ1v) is 5.78. The van der Waals surface area contributed by atoms with Crippen LogP contribution in [0.3, 0.4) is 0 Å². The van der Waals surface area contributed by atoms with E-state index in [1.165, 1.54) is 0 Å². The Hall–Kier alpha value is -2.36. The van der Waals surface area contributed by atoms with Crippen LogP contribution in [0.5, 0.6) is 0 Å². The van der Waals surface area contributed by atoms with E-state index in [9.17, 15) is 4.79 Å². The number of aromatic nitrogens is 2. The summed E-state index contributed by atoms with van der Waals surface area (Å²) in [4.78, 5) is 16.1. The van der Waals surface area contributed by atoms with Crippen LogP contribution in [0.1, 0.15) is 18.5 Å². The lowest BCUT2D eigenvalue weighted by atomic mass is 10.1. The fraction of sp³-hybridized carbons (Fsp3) is 0.143. The van der Waals surface area contributed by atoms with Crippen molar-refractivity contribution in [3.05, 3.63) is 64.8 Å². The van der Waals surface area contributed by atoms with Gasteiger partial charge in [-0.25, -0.2) is 9.78 Å². The third-order valence-electron chi connectivity index (χ3n) is 3.04. The molecular formula is C14H12N2O2. The molecule has 0 radical (unpaired) electrons. The minimum atomic E-state index is -0.375. The number of fused-ring (bicyclic) bond motifs is 1. The maximum Gasteiger partial charge on any atom is 0.421 e. The second kappa shape index (κ2) is 4.14. The molecule has 0 saturated heterocycles. The zero-order valence-electron chi connectivity index (χ0n) is 9.91. The molecule has 3 rings (SSSR count). The Balaban J connectivity index is 2.20. The molecule has 1 atom stereocenters. The Kier molecular flexibility index (Phi) is 2.48. The Morgan fingerprint density at radius 3 is 2.72 bits per heavy atom. The maximum absolute atomic E-state index is 11.9. The molecule has 90 valence electrons. The summed E-state index contributed by atoms with van der Waals surface area (Å²) in [6.45, 7) is 1.96. The highest BCUT2D eigenvalue weighted by Gasteiger charge is 2.16. The van der Waals surface area contributed by atoms with Crippen molar-refractivity contribution in [1.82, 2.24) is 9.55 Å². The van der Waals surface area contributed by atoms with Crippen molar-refractivity contribution in [3.8, 4) is 0 Å². The second-order valence-corrected chi connectivity index (χ2v) is 4.15. The summed E-state index contributed by atoms with van der Waals surface area (Å²) in [5.74, 6) is -0.375. The summed E-state index contributed by atoms with van der Waals surface area (Å²) >= 11 is 0. The van der Waals surface area contributed by atoms with E-state index in [1.54, 1.807) is 22.9 Å². The van der Waals surface area contributed by atoms with Crippen LogP contribution in [-0.2, 0) is 0 Å². The van der Waals surface area contributed by atoms with Crippen LogP contribution in [0.25, 0.3) is 11.2 Å². The van der Waals surface area contributed by atoms with Crippen LogP contribution in [0.2, 0.25) is 0 Å². The topological polar surface area (TPSA) is 48.0 Å². The van der Waals surface area contributed by atoms with Gasteiger partial charge >= 0.3 is 5.76 Å². The second-order valence-electron chi connectivity index (χ2n) is 4.15. The summed E-state index contributed by atoms with van der Waals surface area (Å²) in [7, 11) is 0. The largest absolute Gasteiger partial charge is 0.421 e. The number of nitrogens with zero attached hydrogens (tertiary/aromatic N) is 2. The average Bonchev–Trinajstić information content (AvgIpc) is 2.75. The monoisotopic (exact) mass is 240 g/mol. The smallest absolute Gasteiger partial charge is 0.406 e. The summed E-state index contributed by atoms with van der Waals surface area (Å²) in [5.41, 5.74) is 2.15. The quantitative estimate of drug-likeness (QED) is 0.691. The predicted octanol–water partition coefficient (Wildman–Crippen LogP) is 2.60.